The molecule has 0 aromatic heterocycles. The molecule has 0 amide bonds. The van der Waals surface area contributed by atoms with E-state index in [2.05, 4.69) is 11.9 Å². The summed E-state index contributed by atoms with van der Waals surface area (Å²) in [7, 11) is 2.08. The van der Waals surface area contributed by atoms with Crippen LogP contribution in [0, 0.1) is 11.8 Å². The predicted octanol–water partition coefficient (Wildman–Crippen LogP) is 1.60. The van der Waals surface area contributed by atoms with Gasteiger partial charge in [0.25, 0.3) is 0 Å². The molecular weight excluding hydrogens is 218 g/mol. The minimum Gasteiger partial charge on any atom is -0.481 e. The summed E-state index contributed by atoms with van der Waals surface area (Å²) in [5.41, 5.74) is 0. The molecule has 1 saturated carbocycles. The van der Waals surface area contributed by atoms with Crippen LogP contribution in [0.15, 0.2) is 0 Å². The van der Waals surface area contributed by atoms with E-state index in [4.69, 9.17) is 4.74 Å². The van der Waals surface area contributed by atoms with E-state index in [-0.39, 0.29) is 12.0 Å². The summed E-state index contributed by atoms with van der Waals surface area (Å²) in [5, 5.41) is 9.19. The number of ether oxygens (including phenoxy) is 1. The van der Waals surface area contributed by atoms with E-state index >= 15 is 0 Å². The minimum atomic E-state index is -0.619. The molecule has 0 aromatic rings. The Morgan fingerprint density at radius 2 is 2.00 bits per heavy atom. The van der Waals surface area contributed by atoms with E-state index < -0.39 is 5.97 Å². The third-order valence-corrected chi connectivity index (χ3v) is 4.25. The molecule has 1 heterocycles. The summed E-state index contributed by atoms with van der Waals surface area (Å²) >= 11 is 0. The van der Waals surface area contributed by atoms with Gasteiger partial charge in [-0.05, 0) is 38.6 Å². The van der Waals surface area contributed by atoms with Gasteiger partial charge in [0.15, 0.2) is 0 Å². The first-order chi connectivity index (χ1) is 8.18. The molecule has 2 aliphatic rings. The molecule has 17 heavy (non-hydrogen) atoms. The Labute approximate surface area is 103 Å². The quantitative estimate of drug-likeness (QED) is 0.812. The topological polar surface area (TPSA) is 49.8 Å². The standard InChI is InChI=1S/C13H23NO3/c1-14(9-10-5-7-17-8-6-10)12-4-2-3-11(12)13(15)16/h10-12H,2-9H2,1H3,(H,15,16). The number of aliphatic carboxylic acids is 1. The summed E-state index contributed by atoms with van der Waals surface area (Å²) < 4.78 is 5.35. The van der Waals surface area contributed by atoms with Gasteiger partial charge in [0.05, 0.1) is 5.92 Å². The second-order valence-corrected chi connectivity index (χ2v) is 5.44. The maximum Gasteiger partial charge on any atom is 0.308 e. The minimum absolute atomic E-state index is 0.153. The Balaban J connectivity index is 1.85. The molecule has 4 heteroatoms. The SMILES string of the molecule is CN(CC1CCOCC1)C1CCCC1C(=O)O. The molecule has 0 aromatic carbocycles. The van der Waals surface area contributed by atoms with Crippen molar-refractivity contribution >= 4 is 5.97 Å². The molecule has 0 spiro atoms. The monoisotopic (exact) mass is 241 g/mol. The Morgan fingerprint density at radius 3 is 2.65 bits per heavy atom. The number of carbonyl (C=O) groups is 1. The first-order valence-electron chi connectivity index (χ1n) is 6.69. The fraction of sp³-hybridized carbons (Fsp3) is 0.923. The average molecular weight is 241 g/mol. The third kappa shape index (κ3) is 3.19. The van der Waals surface area contributed by atoms with Gasteiger partial charge in [-0.2, -0.15) is 0 Å². The fourth-order valence-electron chi connectivity index (χ4n) is 3.23. The van der Waals surface area contributed by atoms with Gasteiger partial charge in [0, 0.05) is 25.8 Å². The zero-order valence-corrected chi connectivity index (χ0v) is 10.6. The van der Waals surface area contributed by atoms with Crippen molar-refractivity contribution in [2.24, 2.45) is 11.8 Å². The second-order valence-electron chi connectivity index (χ2n) is 5.44. The van der Waals surface area contributed by atoms with E-state index in [0.29, 0.717) is 5.92 Å². The highest BCUT2D eigenvalue weighted by atomic mass is 16.5. The van der Waals surface area contributed by atoms with Gasteiger partial charge in [-0.25, -0.2) is 0 Å². The van der Waals surface area contributed by atoms with Crippen LogP contribution in [0.25, 0.3) is 0 Å². The molecule has 2 unspecified atom stereocenters. The van der Waals surface area contributed by atoms with Crippen LogP contribution >= 0.6 is 0 Å². The Morgan fingerprint density at radius 1 is 1.29 bits per heavy atom. The molecule has 0 bridgehead atoms. The Bertz CT molecular complexity index is 263. The van der Waals surface area contributed by atoms with Gasteiger partial charge in [0.2, 0.25) is 0 Å². The van der Waals surface area contributed by atoms with Crippen molar-refractivity contribution in [3.63, 3.8) is 0 Å². The molecule has 4 nitrogen and oxygen atoms in total. The van der Waals surface area contributed by atoms with Crippen molar-refractivity contribution in [1.29, 1.82) is 0 Å². The summed E-state index contributed by atoms with van der Waals surface area (Å²) in [6, 6.07) is 0.246. The number of hydrogen-bond acceptors (Lipinski definition) is 3. The second kappa shape index (κ2) is 5.83. The van der Waals surface area contributed by atoms with Crippen LogP contribution in [0.2, 0.25) is 0 Å². The van der Waals surface area contributed by atoms with Gasteiger partial charge >= 0.3 is 5.97 Å². The molecule has 98 valence electrons. The van der Waals surface area contributed by atoms with E-state index in [0.717, 1.165) is 51.9 Å². The van der Waals surface area contributed by atoms with Crippen LogP contribution in [0.3, 0.4) is 0 Å². The van der Waals surface area contributed by atoms with E-state index in [1.54, 1.807) is 0 Å². The summed E-state index contributed by atoms with van der Waals surface area (Å²) in [6.45, 7) is 2.76. The van der Waals surface area contributed by atoms with Crippen molar-refractivity contribution in [1.82, 2.24) is 4.90 Å². The lowest BCUT2D eigenvalue weighted by atomic mass is 9.97. The molecule has 1 aliphatic heterocycles. The normalized spacial score (nSPS) is 30.9. The van der Waals surface area contributed by atoms with Gasteiger partial charge < -0.3 is 14.7 Å². The predicted molar refractivity (Wildman–Crippen MR) is 64.9 cm³/mol. The molecule has 2 fully saturated rings. The van der Waals surface area contributed by atoms with Crippen LogP contribution in [0.5, 0.6) is 0 Å². The van der Waals surface area contributed by atoms with E-state index in [9.17, 15) is 9.90 Å². The highest BCUT2D eigenvalue weighted by Gasteiger charge is 2.36. The maximum atomic E-state index is 11.2. The van der Waals surface area contributed by atoms with Gasteiger partial charge in [0.1, 0.15) is 0 Å². The van der Waals surface area contributed by atoms with E-state index in [1.165, 1.54) is 0 Å². The first kappa shape index (κ1) is 12.8. The molecule has 0 radical (unpaired) electrons. The van der Waals surface area contributed by atoms with Crippen molar-refractivity contribution in [2.75, 3.05) is 26.8 Å². The number of carboxylic acids is 1. The summed E-state index contributed by atoms with van der Waals surface area (Å²) in [6.07, 6.45) is 5.18. The number of carboxylic acid groups (broad SMARTS) is 1. The maximum absolute atomic E-state index is 11.2. The first-order valence-corrected chi connectivity index (χ1v) is 6.69. The molecule has 2 rings (SSSR count). The lowest BCUT2D eigenvalue weighted by Gasteiger charge is -2.32. The lowest BCUT2D eigenvalue weighted by molar-refractivity contribution is -0.143. The van der Waals surface area contributed by atoms with E-state index in [1.807, 2.05) is 0 Å². The van der Waals surface area contributed by atoms with Crippen molar-refractivity contribution in [2.45, 2.75) is 38.1 Å². The Hall–Kier alpha value is -0.610. The lowest BCUT2D eigenvalue weighted by Crippen LogP contribution is -2.41. The van der Waals surface area contributed by atoms with Gasteiger partial charge in [-0.3, -0.25) is 4.79 Å². The molecule has 1 aliphatic carbocycles. The fourth-order valence-corrected chi connectivity index (χ4v) is 3.23. The number of hydrogen-bond donors (Lipinski definition) is 1. The zero-order valence-electron chi connectivity index (χ0n) is 10.6. The Kier molecular flexibility index (Phi) is 4.40. The molecular formula is C13H23NO3. The van der Waals surface area contributed by atoms with Gasteiger partial charge in [-0.1, -0.05) is 6.42 Å². The molecule has 1 N–H and O–H groups in total. The van der Waals surface area contributed by atoms with Gasteiger partial charge in [-0.15, -0.1) is 0 Å². The summed E-state index contributed by atoms with van der Waals surface area (Å²) in [5.74, 6) is -0.0880. The number of nitrogens with zero attached hydrogens (tertiary/aromatic N) is 1. The van der Waals surface area contributed by atoms with Crippen LogP contribution in [-0.2, 0) is 9.53 Å². The highest BCUT2D eigenvalue weighted by Crippen LogP contribution is 2.30. The van der Waals surface area contributed by atoms with Crippen molar-refractivity contribution in [3.8, 4) is 0 Å². The van der Waals surface area contributed by atoms with Crippen LogP contribution in [0.1, 0.15) is 32.1 Å². The molecule has 1 saturated heterocycles. The largest absolute Gasteiger partial charge is 0.481 e. The molecule has 2 atom stereocenters. The third-order valence-electron chi connectivity index (χ3n) is 4.25. The van der Waals surface area contributed by atoms with Crippen LogP contribution in [0.4, 0.5) is 0 Å². The van der Waals surface area contributed by atoms with Crippen molar-refractivity contribution in [3.05, 3.63) is 0 Å². The van der Waals surface area contributed by atoms with Crippen LogP contribution < -0.4 is 0 Å². The smallest absolute Gasteiger partial charge is 0.308 e. The summed E-state index contributed by atoms with van der Waals surface area (Å²) in [4.78, 5) is 13.4. The zero-order chi connectivity index (χ0) is 12.3. The van der Waals surface area contributed by atoms with Crippen LogP contribution in [-0.4, -0.2) is 48.8 Å². The highest BCUT2D eigenvalue weighted by molar-refractivity contribution is 5.71. The average Bonchev–Trinajstić information content (AvgIpc) is 2.79. The van der Waals surface area contributed by atoms with Crippen molar-refractivity contribution < 1.29 is 14.6 Å². The number of rotatable bonds is 4.